The summed E-state index contributed by atoms with van der Waals surface area (Å²) in [6.45, 7) is 10.8. The van der Waals surface area contributed by atoms with Crippen molar-refractivity contribution in [1.29, 1.82) is 0 Å². The van der Waals surface area contributed by atoms with Gasteiger partial charge < -0.3 is 9.47 Å². The molecule has 1 aromatic heterocycles. The maximum atomic E-state index is 11.4. The number of aromatic nitrogens is 1. The van der Waals surface area contributed by atoms with Crippen LogP contribution in [0.1, 0.15) is 52.0 Å². The predicted molar refractivity (Wildman–Crippen MR) is 81.7 cm³/mol. The Hall–Kier alpha value is -1.09. The Kier molecular flexibility index (Phi) is 6.29. The van der Waals surface area contributed by atoms with Gasteiger partial charge in [0, 0.05) is 31.9 Å². The van der Waals surface area contributed by atoms with Gasteiger partial charge in [0.05, 0.1) is 0 Å². The molecule has 0 aromatic carbocycles. The van der Waals surface area contributed by atoms with Gasteiger partial charge in [-0.3, -0.25) is 4.79 Å². The van der Waals surface area contributed by atoms with Crippen LogP contribution in [0, 0.1) is 0 Å². The quantitative estimate of drug-likeness (QED) is 0.820. The zero-order valence-electron chi connectivity index (χ0n) is 13.0. The van der Waals surface area contributed by atoms with Gasteiger partial charge in [-0.2, -0.15) is 0 Å². The summed E-state index contributed by atoms with van der Waals surface area (Å²) in [4.78, 5) is 13.9. The Bertz CT molecular complexity index is 437. The fourth-order valence-corrected chi connectivity index (χ4v) is 2.60. The highest BCUT2D eigenvalue weighted by atomic mass is 16.1. The van der Waals surface area contributed by atoms with E-state index in [-0.39, 0.29) is 5.56 Å². The zero-order chi connectivity index (χ0) is 14.4. The monoisotopic (exact) mass is 264 g/mol. The number of hydrogen-bond acceptors (Lipinski definition) is 2. The summed E-state index contributed by atoms with van der Waals surface area (Å²) in [6.07, 6.45) is 4.49. The number of hydrogen-bond donors (Lipinski definition) is 0. The lowest BCUT2D eigenvalue weighted by atomic mass is 9.91. The highest BCUT2D eigenvalue weighted by Crippen LogP contribution is 2.27. The van der Waals surface area contributed by atoms with Gasteiger partial charge in [-0.25, -0.2) is 0 Å². The van der Waals surface area contributed by atoms with Crippen molar-refractivity contribution in [3.8, 4) is 0 Å². The average Bonchev–Trinajstić information content (AvgIpc) is 2.44. The summed E-state index contributed by atoms with van der Waals surface area (Å²) in [5, 5.41) is 0. The van der Waals surface area contributed by atoms with E-state index in [0.717, 1.165) is 6.54 Å². The molecule has 0 amide bonds. The number of piperidine rings is 1. The number of nitrogens with zero attached hydrogens (tertiary/aromatic N) is 2. The van der Waals surface area contributed by atoms with E-state index < -0.39 is 0 Å². The molecule has 2 rings (SSSR count). The van der Waals surface area contributed by atoms with Gasteiger partial charge in [-0.15, -0.1) is 0 Å². The van der Waals surface area contributed by atoms with Crippen molar-refractivity contribution in [2.75, 3.05) is 13.1 Å². The molecule has 1 unspecified atom stereocenters. The minimum atomic E-state index is 0.0743. The van der Waals surface area contributed by atoms with Crippen LogP contribution >= 0.6 is 0 Å². The third-order valence-electron chi connectivity index (χ3n) is 3.76. The molecule has 19 heavy (non-hydrogen) atoms. The van der Waals surface area contributed by atoms with Crippen molar-refractivity contribution >= 4 is 0 Å². The SMILES string of the molecule is CC.CC(C)N1CCCC(c2ccc(=O)n(C)c2)C1. The van der Waals surface area contributed by atoms with E-state index in [1.807, 2.05) is 33.2 Å². The van der Waals surface area contributed by atoms with Crippen LogP contribution in [0.2, 0.25) is 0 Å². The van der Waals surface area contributed by atoms with Gasteiger partial charge in [0.25, 0.3) is 0 Å². The molecule has 1 aliphatic heterocycles. The normalized spacial score (nSPS) is 20.0. The first kappa shape index (κ1) is 16.0. The van der Waals surface area contributed by atoms with Crippen LogP contribution in [0.4, 0.5) is 0 Å². The second kappa shape index (κ2) is 7.49. The minimum Gasteiger partial charge on any atom is -0.318 e. The van der Waals surface area contributed by atoms with Crippen LogP contribution in [0.25, 0.3) is 0 Å². The average molecular weight is 264 g/mol. The van der Waals surface area contributed by atoms with Crippen molar-refractivity contribution in [2.24, 2.45) is 7.05 Å². The van der Waals surface area contributed by atoms with Crippen LogP contribution in [0.5, 0.6) is 0 Å². The third-order valence-corrected chi connectivity index (χ3v) is 3.76. The summed E-state index contributed by atoms with van der Waals surface area (Å²) in [7, 11) is 1.83. The lowest BCUT2D eigenvalue weighted by Gasteiger charge is -2.35. The maximum absolute atomic E-state index is 11.4. The van der Waals surface area contributed by atoms with Gasteiger partial charge in [-0.1, -0.05) is 19.9 Å². The molecule has 0 aliphatic carbocycles. The summed E-state index contributed by atoms with van der Waals surface area (Å²) >= 11 is 0. The molecule has 1 aromatic rings. The van der Waals surface area contributed by atoms with Gasteiger partial charge in [0.2, 0.25) is 5.56 Å². The molecule has 0 saturated carbocycles. The van der Waals surface area contributed by atoms with Crippen molar-refractivity contribution in [2.45, 2.75) is 52.5 Å². The fourth-order valence-electron chi connectivity index (χ4n) is 2.60. The molecule has 3 nitrogen and oxygen atoms in total. The van der Waals surface area contributed by atoms with E-state index in [1.165, 1.54) is 24.9 Å². The van der Waals surface area contributed by atoms with Crippen LogP contribution in [-0.2, 0) is 7.05 Å². The first-order valence-corrected chi connectivity index (χ1v) is 7.48. The molecule has 0 N–H and O–H groups in total. The summed E-state index contributed by atoms with van der Waals surface area (Å²) < 4.78 is 1.68. The van der Waals surface area contributed by atoms with Gasteiger partial charge in [-0.05, 0) is 44.7 Å². The maximum Gasteiger partial charge on any atom is 0.250 e. The number of pyridine rings is 1. The molecule has 1 aliphatic rings. The Labute approximate surface area is 117 Å². The first-order valence-electron chi connectivity index (χ1n) is 7.48. The van der Waals surface area contributed by atoms with Crippen LogP contribution in [0.3, 0.4) is 0 Å². The van der Waals surface area contributed by atoms with Gasteiger partial charge in [0.1, 0.15) is 0 Å². The van der Waals surface area contributed by atoms with Crippen molar-refractivity contribution in [3.63, 3.8) is 0 Å². The molecule has 1 atom stereocenters. The summed E-state index contributed by atoms with van der Waals surface area (Å²) in [5.74, 6) is 0.581. The molecular formula is C16H28N2O. The topological polar surface area (TPSA) is 25.2 Å². The van der Waals surface area contributed by atoms with Crippen molar-refractivity contribution < 1.29 is 0 Å². The predicted octanol–water partition coefficient (Wildman–Crippen LogP) is 3.00. The molecule has 0 radical (unpaired) electrons. The smallest absolute Gasteiger partial charge is 0.250 e. The molecule has 108 valence electrons. The molecule has 2 heterocycles. The lowest BCUT2D eigenvalue weighted by Crippen LogP contribution is -2.39. The van der Waals surface area contributed by atoms with Gasteiger partial charge >= 0.3 is 0 Å². The van der Waals surface area contributed by atoms with Crippen molar-refractivity contribution in [1.82, 2.24) is 9.47 Å². The first-order chi connectivity index (χ1) is 9.08. The summed E-state index contributed by atoms with van der Waals surface area (Å²) in [6, 6.07) is 4.30. The van der Waals surface area contributed by atoms with Crippen LogP contribution in [0.15, 0.2) is 23.1 Å². The highest BCUT2D eigenvalue weighted by molar-refractivity contribution is 5.16. The second-order valence-electron chi connectivity index (χ2n) is 5.34. The highest BCUT2D eigenvalue weighted by Gasteiger charge is 2.22. The zero-order valence-corrected chi connectivity index (χ0v) is 13.0. The van der Waals surface area contributed by atoms with E-state index in [2.05, 4.69) is 18.7 Å². The van der Waals surface area contributed by atoms with E-state index in [0.29, 0.717) is 12.0 Å². The van der Waals surface area contributed by atoms with E-state index in [4.69, 9.17) is 0 Å². The Morgan fingerprint density at radius 2 is 1.95 bits per heavy atom. The molecule has 0 spiro atoms. The summed E-state index contributed by atoms with van der Waals surface area (Å²) in [5.41, 5.74) is 1.38. The lowest BCUT2D eigenvalue weighted by molar-refractivity contribution is 0.167. The largest absolute Gasteiger partial charge is 0.318 e. The molecule has 0 bridgehead atoms. The minimum absolute atomic E-state index is 0.0743. The molecule has 1 fully saturated rings. The second-order valence-corrected chi connectivity index (χ2v) is 5.34. The van der Waals surface area contributed by atoms with Gasteiger partial charge in [0.15, 0.2) is 0 Å². The van der Waals surface area contributed by atoms with E-state index in [1.54, 1.807) is 10.6 Å². The third kappa shape index (κ3) is 4.20. The van der Waals surface area contributed by atoms with E-state index >= 15 is 0 Å². The molecular weight excluding hydrogens is 236 g/mol. The van der Waals surface area contributed by atoms with Crippen LogP contribution in [-0.4, -0.2) is 28.6 Å². The molecule has 1 saturated heterocycles. The Balaban J connectivity index is 0.000000861. The molecule has 3 heteroatoms. The number of rotatable bonds is 2. The van der Waals surface area contributed by atoms with E-state index in [9.17, 15) is 4.79 Å². The van der Waals surface area contributed by atoms with Crippen molar-refractivity contribution in [3.05, 3.63) is 34.2 Å². The number of aryl methyl sites for hydroxylation is 1. The van der Waals surface area contributed by atoms with Crippen LogP contribution < -0.4 is 5.56 Å². The number of likely N-dealkylation sites (tertiary alicyclic amines) is 1. The Morgan fingerprint density at radius 1 is 1.26 bits per heavy atom. The Morgan fingerprint density at radius 3 is 2.53 bits per heavy atom. The fraction of sp³-hybridized carbons (Fsp3) is 0.688. The standard InChI is InChI=1S/C14H22N2O.C2H6/c1-11(2)16-8-4-5-12(10-16)13-6-7-14(17)15(3)9-13;1-2/h6-7,9,11-12H,4-5,8,10H2,1-3H3;1-2H3.